The highest BCUT2D eigenvalue weighted by atomic mass is 19.4. The minimum absolute atomic E-state index is 0.0471. The van der Waals surface area contributed by atoms with E-state index >= 15 is 0 Å². The van der Waals surface area contributed by atoms with Crippen molar-refractivity contribution < 1.29 is 22.0 Å². The van der Waals surface area contributed by atoms with Gasteiger partial charge in [0.25, 0.3) is 0 Å². The first kappa shape index (κ1) is 23.8. The van der Waals surface area contributed by atoms with Crippen LogP contribution in [0.4, 0.5) is 22.0 Å². The Bertz CT molecular complexity index is 767. The molecule has 0 aromatic heterocycles. The van der Waals surface area contributed by atoms with Crippen molar-refractivity contribution in [2.45, 2.75) is 89.1 Å². The van der Waals surface area contributed by atoms with E-state index in [4.69, 9.17) is 0 Å². The fourth-order valence-electron chi connectivity index (χ4n) is 7.09. The van der Waals surface area contributed by atoms with Gasteiger partial charge in [0, 0.05) is 0 Å². The van der Waals surface area contributed by atoms with E-state index in [1.54, 1.807) is 0 Å². The van der Waals surface area contributed by atoms with Crippen LogP contribution in [0.2, 0.25) is 0 Å². The Morgan fingerprint density at radius 2 is 1.31 bits per heavy atom. The normalized spacial score (nSPS) is 33.5. The van der Waals surface area contributed by atoms with Crippen LogP contribution in [0.1, 0.15) is 94.1 Å². The average molecular weight is 455 g/mol. The third kappa shape index (κ3) is 5.22. The standard InChI is InChI=1S/C27H35F5/c1-2-3-4-17-5-6-22-14-21(12-11-20(22)13-17)18-7-9-19(10-8-18)23-15-24(28)26(25(29)16-23)27(30,31)32/h2,15-22H,1,3-14H2. The number of halogens is 5. The van der Waals surface area contributed by atoms with Gasteiger partial charge in [-0.3, -0.25) is 0 Å². The molecule has 0 saturated heterocycles. The van der Waals surface area contributed by atoms with Crippen molar-refractivity contribution in [3.63, 3.8) is 0 Å². The molecule has 1 aromatic carbocycles. The van der Waals surface area contributed by atoms with E-state index in [-0.39, 0.29) is 5.92 Å². The molecular weight excluding hydrogens is 419 g/mol. The lowest BCUT2D eigenvalue weighted by atomic mass is 9.60. The molecule has 0 nitrogen and oxygen atoms in total. The quantitative estimate of drug-likeness (QED) is 0.307. The maximum Gasteiger partial charge on any atom is 0.422 e. The lowest BCUT2D eigenvalue weighted by Gasteiger charge is -2.45. The Hall–Kier alpha value is -1.39. The van der Waals surface area contributed by atoms with E-state index in [0.717, 1.165) is 67.9 Å². The number of hydrogen-bond acceptors (Lipinski definition) is 0. The smallest absolute Gasteiger partial charge is 0.206 e. The van der Waals surface area contributed by atoms with Crippen LogP contribution in [-0.4, -0.2) is 0 Å². The molecule has 3 saturated carbocycles. The second-order valence-electron chi connectivity index (χ2n) is 10.6. The van der Waals surface area contributed by atoms with Gasteiger partial charge in [0.2, 0.25) is 0 Å². The average Bonchev–Trinajstić information content (AvgIpc) is 2.76. The molecule has 4 rings (SSSR count). The number of rotatable bonds is 5. The van der Waals surface area contributed by atoms with E-state index in [1.807, 2.05) is 6.08 Å². The topological polar surface area (TPSA) is 0 Å². The van der Waals surface area contributed by atoms with Crippen LogP contribution in [0.25, 0.3) is 0 Å². The largest absolute Gasteiger partial charge is 0.422 e. The van der Waals surface area contributed by atoms with Gasteiger partial charge in [-0.05, 0) is 124 Å². The number of alkyl halides is 3. The summed E-state index contributed by atoms with van der Waals surface area (Å²) in [7, 11) is 0. The molecule has 5 heteroatoms. The molecule has 178 valence electrons. The highest BCUT2D eigenvalue weighted by Crippen LogP contribution is 2.50. The zero-order chi connectivity index (χ0) is 22.9. The van der Waals surface area contributed by atoms with E-state index < -0.39 is 23.4 Å². The maximum atomic E-state index is 14.0. The van der Waals surface area contributed by atoms with Gasteiger partial charge in [-0.25, -0.2) is 8.78 Å². The summed E-state index contributed by atoms with van der Waals surface area (Å²) in [5.41, 5.74) is -1.39. The van der Waals surface area contributed by atoms with Crippen molar-refractivity contribution in [1.29, 1.82) is 0 Å². The Morgan fingerprint density at radius 3 is 1.91 bits per heavy atom. The second kappa shape index (κ2) is 9.85. The predicted octanol–water partition coefficient (Wildman–Crippen LogP) is 9.06. The Balaban J connectivity index is 1.31. The highest BCUT2D eigenvalue weighted by molar-refractivity contribution is 5.30. The molecule has 0 amide bonds. The van der Waals surface area contributed by atoms with Crippen molar-refractivity contribution in [2.24, 2.45) is 29.6 Å². The summed E-state index contributed by atoms with van der Waals surface area (Å²) in [5, 5.41) is 0. The van der Waals surface area contributed by atoms with Crippen LogP contribution in [0.5, 0.6) is 0 Å². The van der Waals surface area contributed by atoms with Gasteiger partial charge in [0.05, 0.1) is 0 Å². The molecule has 32 heavy (non-hydrogen) atoms. The minimum Gasteiger partial charge on any atom is -0.206 e. The summed E-state index contributed by atoms with van der Waals surface area (Å²) >= 11 is 0. The van der Waals surface area contributed by atoms with Gasteiger partial charge in [-0.2, -0.15) is 13.2 Å². The molecule has 1 aromatic rings. The molecule has 0 bridgehead atoms. The summed E-state index contributed by atoms with van der Waals surface area (Å²) in [5.74, 6) is 0.958. The Labute approximate surface area is 188 Å². The summed E-state index contributed by atoms with van der Waals surface area (Å²) in [6.45, 7) is 3.85. The molecule has 4 atom stereocenters. The second-order valence-corrected chi connectivity index (χ2v) is 10.6. The van der Waals surface area contributed by atoms with Crippen molar-refractivity contribution in [3.8, 4) is 0 Å². The van der Waals surface area contributed by atoms with Gasteiger partial charge in [0.15, 0.2) is 0 Å². The summed E-state index contributed by atoms with van der Waals surface area (Å²) in [6, 6.07) is 1.82. The molecule has 0 N–H and O–H groups in total. The first-order valence-electron chi connectivity index (χ1n) is 12.4. The van der Waals surface area contributed by atoms with E-state index in [2.05, 4.69) is 6.58 Å². The van der Waals surface area contributed by atoms with Crippen LogP contribution < -0.4 is 0 Å². The van der Waals surface area contributed by atoms with E-state index in [0.29, 0.717) is 11.5 Å². The van der Waals surface area contributed by atoms with E-state index in [1.165, 1.54) is 44.9 Å². The molecule has 3 aliphatic carbocycles. The van der Waals surface area contributed by atoms with Crippen molar-refractivity contribution in [2.75, 3.05) is 0 Å². The van der Waals surface area contributed by atoms with Gasteiger partial charge < -0.3 is 0 Å². The van der Waals surface area contributed by atoms with Crippen LogP contribution >= 0.6 is 0 Å². The zero-order valence-electron chi connectivity index (χ0n) is 18.8. The van der Waals surface area contributed by atoms with Gasteiger partial charge in [-0.15, -0.1) is 6.58 Å². The van der Waals surface area contributed by atoms with Gasteiger partial charge in [0.1, 0.15) is 17.2 Å². The van der Waals surface area contributed by atoms with Crippen molar-refractivity contribution in [1.82, 2.24) is 0 Å². The van der Waals surface area contributed by atoms with E-state index in [9.17, 15) is 22.0 Å². The third-order valence-corrected chi connectivity index (χ3v) is 8.80. The molecule has 0 spiro atoms. The van der Waals surface area contributed by atoms with Crippen molar-refractivity contribution >= 4 is 0 Å². The molecule has 3 fully saturated rings. The monoisotopic (exact) mass is 454 g/mol. The maximum absolute atomic E-state index is 14.0. The lowest BCUT2D eigenvalue weighted by molar-refractivity contribution is -0.142. The third-order valence-electron chi connectivity index (χ3n) is 8.80. The summed E-state index contributed by atoms with van der Waals surface area (Å²) in [4.78, 5) is 0. The minimum atomic E-state index is -5.01. The number of hydrogen-bond donors (Lipinski definition) is 0. The number of fused-ring (bicyclic) bond motifs is 1. The highest BCUT2D eigenvalue weighted by Gasteiger charge is 2.40. The van der Waals surface area contributed by atoms with Crippen LogP contribution in [0, 0.1) is 41.2 Å². The van der Waals surface area contributed by atoms with Crippen LogP contribution in [-0.2, 0) is 6.18 Å². The summed E-state index contributed by atoms with van der Waals surface area (Å²) in [6.07, 6.45) is 11.1. The zero-order valence-corrected chi connectivity index (χ0v) is 18.8. The first-order chi connectivity index (χ1) is 15.3. The van der Waals surface area contributed by atoms with Crippen LogP contribution in [0.3, 0.4) is 0 Å². The molecule has 0 aliphatic heterocycles. The summed E-state index contributed by atoms with van der Waals surface area (Å²) < 4.78 is 66.6. The lowest BCUT2D eigenvalue weighted by Crippen LogP contribution is -2.34. The molecule has 0 radical (unpaired) electrons. The fraction of sp³-hybridized carbons (Fsp3) is 0.704. The molecule has 0 heterocycles. The number of benzene rings is 1. The van der Waals surface area contributed by atoms with Gasteiger partial charge >= 0.3 is 6.18 Å². The Morgan fingerprint density at radius 1 is 0.781 bits per heavy atom. The first-order valence-corrected chi connectivity index (χ1v) is 12.4. The fourth-order valence-corrected chi connectivity index (χ4v) is 7.09. The number of allylic oxidation sites excluding steroid dienone is 1. The van der Waals surface area contributed by atoms with Crippen molar-refractivity contribution in [3.05, 3.63) is 47.5 Å². The molecule has 4 unspecified atom stereocenters. The predicted molar refractivity (Wildman–Crippen MR) is 117 cm³/mol. The Kier molecular flexibility index (Phi) is 7.31. The van der Waals surface area contributed by atoms with Crippen LogP contribution in [0.15, 0.2) is 24.8 Å². The molecule has 3 aliphatic rings. The molecular formula is C27H35F5. The van der Waals surface area contributed by atoms with Gasteiger partial charge in [-0.1, -0.05) is 12.5 Å². The SMILES string of the molecule is C=CCCC1CCC2CC(C3CCC(c4cc(F)c(C(F)(F)F)c(F)c4)CC3)CCC2C1.